The van der Waals surface area contributed by atoms with Crippen molar-refractivity contribution in [3.8, 4) is 11.5 Å². The van der Waals surface area contributed by atoms with Crippen LogP contribution in [0.1, 0.15) is 17.5 Å². The summed E-state index contributed by atoms with van der Waals surface area (Å²) in [7, 11) is 1.58. The number of phenolic OH excluding ortho intramolecular Hbond substituents is 1. The molecule has 3 nitrogen and oxygen atoms in total. The van der Waals surface area contributed by atoms with E-state index in [9.17, 15) is 5.11 Å². The minimum Gasteiger partial charge on any atom is -0.504 e. The number of hydrogen-bond donors (Lipinski definition) is 1. The maximum atomic E-state index is 10.2. The molecular weight excluding hydrogens is 250 g/mol. The first kappa shape index (κ1) is 12.9. The molecule has 0 spiro atoms. The molecule has 20 heavy (non-hydrogen) atoms. The molecule has 0 unspecified atom stereocenters. The lowest BCUT2D eigenvalue weighted by molar-refractivity contribution is 0.370. The topological polar surface area (TPSA) is 32.7 Å². The highest BCUT2D eigenvalue weighted by Crippen LogP contribution is 2.33. The number of aromatic hydroxyl groups is 1. The maximum absolute atomic E-state index is 10.2. The fourth-order valence-corrected chi connectivity index (χ4v) is 2.84. The average Bonchev–Trinajstić information content (AvgIpc) is 2.50. The Balaban J connectivity index is 1.90. The predicted molar refractivity (Wildman–Crippen MR) is 80.5 cm³/mol. The number of nitrogens with zero attached hydrogens (tertiary/aromatic N) is 1. The minimum atomic E-state index is 0.248. The summed E-state index contributed by atoms with van der Waals surface area (Å²) in [6, 6.07) is 14.2. The Kier molecular flexibility index (Phi) is 3.50. The van der Waals surface area contributed by atoms with Gasteiger partial charge in [-0.3, -0.25) is 0 Å². The Morgan fingerprint density at radius 2 is 2.00 bits per heavy atom. The fourth-order valence-electron chi connectivity index (χ4n) is 2.84. The Morgan fingerprint density at radius 3 is 2.85 bits per heavy atom. The van der Waals surface area contributed by atoms with Gasteiger partial charge in [-0.1, -0.05) is 30.3 Å². The molecule has 0 aromatic heterocycles. The van der Waals surface area contributed by atoms with Crippen LogP contribution in [0.3, 0.4) is 0 Å². The first-order valence-electron chi connectivity index (χ1n) is 6.97. The summed E-state index contributed by atoms with van der Waals surface area (Å²) in [6.07, 6.45) is 2.29. The second kappa shape index (κ2) is 5.45. The number of ether oxygens (including phenoxy) is 1. The number of hydrogen-bond acceptors (Lipinski definition) is 3. The zero-order valence-electron chi connectivity index (χ0n) is 11.7. The van der Waals surface area contributed by atoms with E-state index in [0.29, 0.717) is 12.3 Å². The molecule has 3 rings (SSSR count). The van der Waals surface area contributed by atoms with Crippen LogP contribution in [0, 0.1) is 0 Å². The third kappa shape index (κ3) is 2.31. The third-order valence-corrected chi connectivity index (χ3v) is 3.87. The Hall–Kier alpha value is -2.16. The molecule has 0 saturated carbocycles. The zero-order chi connectivity index (χ0) is 13.9. The largest absolute Gasteiger partial charge is 0.504 e. The summed E-state index contributed by atoms with van der Waals surface area (Å²) in [5, 5.41) is 10.2. The van der Waals surface area contributed by atoms with Gasteiger partial charge in [0.1, 0.15) is 0 Å². The Morgan fingerprint density at radius 1 is 1.15 bits per heavy atom. The second-order valence-corrected chi connectivity index (χ2v) is 5.12. The number of aryl methyl sites for hydroxylation is 1. The molecule has 0 saturated heterocycles. The van der Waals surface area contributed by atoms with E-state index in [4.69, 9.17) is 4.74 Å². The van der Waals surface area contributed by atoms with Crippen LogP contribution in [-0.2, 0) is 13.0 Å². The molecule has 1 heterocycles. The summed E-state index contributed by atoms with van der Waals surface area (Å²) in [5.74, 6) is 0.783. The summed E-state index contributed by atoms with van der Waals surface area (Å²) >= 11 is 0. The highest BCUT2D eigenvalue weighted by molar-refractivity contribution is 5.57. The molecule has 0 bridgehead atoms. The van der Waals surface area contributed by atoms with Gasteiger partial charge in [0.15, 0.2) is 11.5 Å². The van der Waals surface area contributed by atoms with Crippen molar-refractivity contribution in [2.45, 2.75) is 19.4 Å². The van der Waals surface area contributed by atoms with Gasteiger partial charge < -0.3 is 14.7 Å². The quantitative estimate of drug-likeness (QED) is 0.927. The van der Waals surface area contributed by atoms with Crippen molar-refractivity contribution in [3.63, 3.8) is 0 Å². The molecule has 0 fully saturated rings. The SMILES string of the molecule is COc1cccc(CN2CCCc3ccccc32)c1O. The number of fused-ring (bicyclic) bond motifs is 1. The van der Waals surface area contributed by atoms with Crippen LogP contribution in [0.15, 0.2) is 42.5 Å². The Bertz CT molecular complexity index is 610. The first-order valence-corrected chi connectivity index (χ1v) is 6.97. The molecule has 104 valence electrons. The number of phenols is 1. The lowest BCUT2D eigenvalue weighted by Gasteiger charge is -2.31. The highest BCUT2D eigenvalue weighted by atomic mass is 16.5. The molecule has 1 aliphatic rings. The van der Waals surface area contributed by atoms with E-state index in [2.05, 4.69) is 29.2 Å². The molecular formula is C17H19NO2. The summed E-state index contributed by atoms with van der Waals surface area (Å²) in [5.41, 5.74) is 3.57. The lowest BCUT2D eigenvalue weighted by atomic mass is 10.0. The van der Waals surface area contributed by atoms with Gasteiger partial charge in [-0.2, -0.15) is 0 Å². The summed E-state index contributed by atoms with van der Waals surface area (Å²) in [4.78, 5) is 2.33. The van der Waals surface area contributed by atoms with Gasteiger partial charge in [0, 0.05) is 24.3 Å². The van der Waals surface area contributed by atoms with Crippen molar-refractivity contribution in [1.29, 1.82) is 0 Å². The van der Waals surface area contributed by atoms with Gasteiger partial charge in [0.05, 0.1) is 7.11 Å². The monoisotopic (exact) mass is 269 g/mol. The molecule has 0 radical (unpaired) electrons. The highest BCUT2D eigenvalue weighted by Gasteiger charge is 2.18. The van der Waals surface area contributed by atoms with Crippen LogP contribution < -0.4 is 9.64 Å². The fraction of sp³-hybridized carbons (Fsp3) is 0.294. The van der Waals surface area contributed by atoms with E-state index < -0.39 is 0 Å². The number of methoxy groups -OCH3 is 1. The van der Waals surface area contributed by atoms with Gasteiger partial charge >= 0.3 is 0 Å². The predicted octanol–water partition coefficient (Wildman–Crippen LogP) is 3.35. The van der Waals surface area contributed by atoms with E-state index in [1.807, 2.05) is 12.1 Å². The van der Waals surface area contributed by atoms with Gasteiger partial charge in [0.25, 0.3) is 0 Å². The normalized spacial score (nSPS) is 13.9. The van der Waals surface area contributed by atoms with Gasteiger partial charge in [-0.05, 0) is 30.5 Å². The van der Waals surface area contributed by atoms with Crippen LogP contribution in [0.2, 0.25) is 0 Å². The summed E-state index contributed by atoms with van der Waals surface area (Å²) < 4.78 is 5.18. The van der Waals surface area contributed by atoms with Gasteiger partial charge in [0.2, 0.25) is 0 Å². The van der Waals surface area contributed by atoms with Crippen LogP contribution in [0.25, 0.3) is 0 Å². The van der Waals surface area contributed by atoms with Crippen molar-refractivity contribution in [2.75, 3.05) is 18.6 Å². The first-order chi connectivity index (χ1) is 9.79. The molecule has 1 N–H and O–H groups in total. The van der Waals surface area contributed by atoms with Crippen molar-refractivity contribution in [2.24, 2.45) is 0 Å². The number of benzene rings is 2. The van der Waals surface area contributed by atoms with Crippen LogP contribution in [0.4, 0.5) is 5.69 Å². The van der Waals surface area contributed by atoms with Crippen molar-refractivity contribution in [3.05, 3.63) is 53.6 Å². The Labute approximate surface area is 119 Å². The second-order valence-electron chi connectivity index (χ2n) is 5.12. The summed E-state index contributed by atoms with van der Waals surface area (Å²) in [6.45, 7) is 1.73. The molecule has 3 heteroatoms. The molecule has 1 aliphatic heterocycles. The van der Waals surface area contributed by atoms with Crippen molar-refractivity contribution < 1.29 is 9.84 Å². The van der Waals surface area contributed by atoms with Crippen LogP contribution in [-0.4, -0.2) is 18.8 Å². The van der Waals surface area contributed by atoms with Gasteiger partial charge in [-0.15, -0.1) is 0 Å². The number of rotatable bonds is 3. The lowest BCUT2D eigenvalue weighted by Crippen LogP contribution is -2.28. The molecule has 2 aromatic rings. The van der Waals surface area contributed by atoms with E-state index in [0.717, 1.165) is 24.9 Å². The molecule has 2 aromatic carbocycles. The number of para-hydroxylation sites is 2. The smallest absolute Gasteiger partial charge is 0.162 e. The third-order valence-electron chi connectivity index (χ3n) is 3.87. The molecule has 0 aliphatic carbocycles. The van der Waals surface area contributed by atoms with Crippen LogP contribution in [0.5, 0.6) is 11.5 Å². The molecule has 0 amide bonds. The standard InChI is InChI=1S/C17H19NO2/c1-20-16-10-4-7-14(17(16)19)12-18-11-5-8-13-6-2-3-9-15(13)18/h2-4,6-7,9-10,19H,5,8,11-12H2,1H3. The van der Waals surface area contributed by atoms with Crippen molar-refractivity contribution in [1.82, 2.24) is 0 Å². The number of anilines is 1. The van der Waals surface area contributed by atoms with E-state index in [1.165, 1.54) is 11.3 Å². The van der Waals surface area contributed by atoms with Gasteiger partial charge in [-0.25, -0.2) is 0 Å². The van der Waals surface area contributed by atoms with Crippen molar-refractivity contribution >= 4 is 5.69 Å². The van der Waals surface area contributed by atoms with E-state index in [-0.39, 0.29) is 5.75 Å². The van der Waals surface area contributed by atoms with Crippen LogP contribution >= 0.6 is 0 Å². The van der Waals surface area contributed by atoms with E-state index in [1.54, 1.807) is 13.2 Å². The zero-order valence-corrected chi connectivity index (χ0v) is 11.7. The minimum absolute atomic E-state index is 0.248. The van der Waals surface area contributed by atoms with E-state index >= 15 is 0 Å². The maximum Gasteiger partial charge on any atom is 0.162 e. The molecule has 0 atom stereocenters. The average molecular weight is 269 g/mol.